The van der Waals surface area contributed by atoms with E-state index < -0.39 is 10.0 Å². The van der Waals surface area contributed by atoms with Crippen LogP contribution in [0, 0.1) is 0 Å². The molecule has 0 spiro atoms. The van der Waals surface area contributed by atoms with Crippen molar-refractivity contribution < 1.29 is 22.7 Å². The zero-order valence-electron chi connectivity index (χ0n) is 16.9. The van der Waals surface area contributed by atoms with Gasteiger partial charge in [0.05, 0.1) is 29.5 Å². The van der Waals surface area contributed by atoms with E-state index in [2.05, 4.69) is 0 Å². The fourth-order valence-corrected chi connectivity index (χ4v) is 6.35. The maximum Gasteiger partial charge on any atom is 0.243 e. The van der Waals surface area contributed by atoms with Crippen LogP contribution in [0.1, 0.15) is 25.7 Å². The summed E-state index contributed by atoms with van der Waals surface area (Å²) in [7, 11) is -3.68. The Balaban J connectivity index is 1.59. The summed E-state index contributed by atoms with van der Waals surface area (Å²) in [6.07, 6.45) is 4.20. The highest BCUT2D eigenvalue weighted by molar-refractivity contribution is 8.00. The second-order valence-electron chi connectivity index (χ2n) is 7.71. The summed E-state index contributed by atoms with van der Waals surface area (Å²) in [4.78, 5) is 29.8. The van der Waals surface area contributed by atoms with Crippen LogP contribution in [0.15, 0.2) is 28.0 Å². The summed E-state index contributed by atoms with van der Waals surface area (Å²) in [5.41, 5.74) is 0.508. The van der Waals surface area contributed by atoms with E-state index in [1.165, 1.54) is 21.0 Å². The fourth-order valence-electron chi connectivity index (χ4n) is 4.01. The van der Waals surface area contributed by atoms with Crippen LogP contribution in [0.2, 0.25) is 0 Å². The van der Waals surface area contributed by atoms with Crippen molar-refractivity contribution in [1.82, 2.24) is 9.21 Å². The number of rotatable bonds is 4. The van der Waals surface area contributed by atoms with Crippen molar-refractivity contribution in [2.24, 2.45) is 0 Å². The number of carbonyl (C=O) groups is 2. The number of carbonyl (C=O) groups excluding carboxylic acids is 2. The van der Waals surface area contributed by atoms with E-state index in [1.807, 2.05) is 4.90 Å². The summed E-state index contributed by atoms with van der Waals surface area (Å²) >= 11 is 1.38. The van der Waals surface area contributed by atoms with E-state index in [-0.39, 0.29) is 29.0 Å². The molecule has 3 heterocycles. The van der Waals surface area contributed by atoms with Crippen LogP contribution in [-0.2, 0) is 24.3 Å². The number of anilines is 1. The average Bonchev–Trinajstić information content (AvgIpc) is 3.05. The molecule has 2 amide bonds. The van der Waals surface area contributed by atoms with Crippen molar-refractivity contribution >= 4 is 39.3 Å². The van der Waals surface area contributed by atoms with Crippen molar-refractivity contribution in [3.05, 3.63) is 18.2 Å². The zero-order valence-corrected chi connectivity index (χ0v) is 18.5. The second kappa shape index (κ2) is 9.25. The molecule has 0 aliphatic carbocycles. The van der Waals surface area contributed by atoms with Gasteiger partial charge >= 0.3 is 0 Å². The van der Waals surface area contributed by atoms with E-state index in [1.54, 1.807) is 18.2 Å². The van der Waals surface area contributed by atoms with Crippen LogP contribution in [0.25, 0.3) is 0 Å². The van der Waals surface area contributed by atoms with Gasteiger partial charge in [-0.25, -0.2) is 8.42 Å². The normalized spacial score (nSPS) is 21.3. The van der Waals surface area contributed by atoms with Gasteiger partial charge < -0.3 is 14.5 Å². The van der Waals surface area contributed by atoms with Gasteiger partial charge in [-0.3, -0.25) is 9.59 Å². The zero-order chi connectivity index (χ0) is 21.1. The van der Waals surface area contributed by atoms with E-state index in [0.29, 0.717) is 45.1 Å². The van der Waals surface area contributed by atoms with E-state index in [4.69, 9.17) is 4.74 Å². The molecular weight excluding hydrogens is 426 g/mol. The molecule has 30 heavy (non-hydrogen) atoms. The van der Waals surface area contributed by atoms with Gasteiger partial charge in [-0.05, 0) is 31.0 Å². The number of likely N-dealkylation sites (tertiary alicyclic amines) is 1. The largest absolute Gasteiger partial charge is 0.379 e. The molecule has 0 N–H and O–H groups in total. The Bertz CT molecular complexity index is 907. The Hall–Kier alpha value is -1.62. The molecule has 0 aromatic heterocycles. The summed E-state index contributed by atoms with van der Waals surface area (Å²) < 4.78 is 32.8. The third kappa shape index (κ3) is 4.51. The van der Waals surface area contributed by atoms with Gasteiger partial charge in [0.2, 0.25) is 21.8 Å². The number of morpholine rings is 1. The van der Waals surface area contributed by atoms with Crippen LogP contribution < -0.4 is 4.90 Å². The highest BCUT2D eigenvalue weighted by Crippen LogP contribution is 2.37. The Morgan fingerprint density at radius 1 is 1.03 bits per heavy atom. The Kier molecular flexibility index (Phi) is 6.66. The van der Waals surface area contributed by atoms with Crippen LogP contribution in [0.3, 0.4) is 0 Å². The van der Waals surface area contributed by atoms with Crippen LogP contribution in [-0.4, -0.2) is 81.1 Å². The van der Waals surface area contributed by atoms with Gasteiger partial charge in [-0.1, -0.05) is 12.8 Å². The molecule has 8 nitrogen and oxygen atoms in total. The monoisotopic (exact) mass is 453 g/mol. The van der Waals surface area contributed by atoms with Gasteiger partial charge in [0.1, 0.15) is 6.54 Å². The number of hydrogen-bond donors (Lipinski definition) is 0. The lowest BCUT2D eigenvalue weighted by Crippen LogP contribution is -2.45. The minimum absolute atomic E-state index is 0.0482. The second-order valence-corrected chi connectivity index (χ2v) is 10.7. The summed E-state index contributed by atoms with van der Waals surface area (Å²) in [5, 5.41) is 0. The van der Waals surface area contributed by atoms with Crippen molar-refractivity contribution in [2.45, 2.75) is 35.5 Å². The molecule has 0 bridgehead atoms. The summed E-state index contributed by atoms with van der Waals surface area (Å²) in [5.74, 6) is -0.00308. The predicted octanol–water partition coefficient (Wildman–Crippen LogP) is 1.55. The lowest BCUT2D eigenvalue weighted by molar-refractivity contribution is -0.131. The van der Waals surface area contributed by atoms with Crippen molar-refractivity contribution in [3.8, 4) is 0 Å². The number of thioether (sulfide) groups is 1. The van der Waals surface area contributed by atoms with Gasteiger partial charge in [-0.15, -0.1) is 11.8 Å². The minimum atomic E-state index is -3.68. The molecule has 0 atom stereocenters. The molecule has 1 aromatic rings. The molecule has 0 saturated carbocycles. The van der Waals surface area contributed by atoms with Crippen LogP contribution >= 0.6 is 11.8 Å². The standard InChI is InChI=1S/C20H27N3O5S2/c24-19(21-7-3-1-2-4-8-21)14-23-17-13-16(5-6-18(17)29-15-20(23)25)30(26,27)22-9-11-28-12-10-22/h5-6,13H,1-4,7-12,14-15H2. The minimum Gasteiger partial charge on any atom is -0.379 e. The summed E-state index contributed by atoms with van der Waals surface area (Å²) in [6.45, 7) is 2.74. The summed E-state index contributed by atoms with van der Waals surface area (Å²) in [6, 6.07) is 4.87. The molecule has 0 unspecified atom stereocenters. The highest BCUT2D eigenvalue weighted by Gasteiger charge is 2.32. The number of benzene rings is 1. The van der Waals surface area contributed by atoms with Gasteiger partial charge in [0.25, 0.3) is 0 Å². The van der Waals surface area contributed by atoms with Gasteiger partial charge in [0, 0.05) is 31.1 Å². The third-order valence-electron chi connectivity index (χ3n) is 5.73. The van der Waals surface area contributed by atoms with E-state index >= 15 is 0 Å². The number of sulfonamides is 1. The SMILES string of the molecule is O=C(CN1C(=O)CSc2ccc(S(=O)(=O)N3CCOCC3)cc21)N1CCCCCC1. The number of hydrogen-bond acceptors (Lipinski definition) is 6. The molecule has 0 radical (unpaired) electrons. The molecule has 3 aliphatic heterocycles. The smallest absolute Gasteiger partial charge is 0.243 e. The van der Waals surface area contributed by atoms with Crippen LogP contribution in [0.4, 0.5) is 5.69 Å². The number of amides is 2. The highest BCUT2D eigenvalue weighted by atomic mass is 32.2. The molecule has 10 heteroatoms. The number of nitrogens with zero attached hydrogens (tertiary/aromatic N) is 3. The average molecular weight is 454 g/mol. The predicted molar refractivity (Wildman–Crippen MR) is 114 cm³/mol. The maximum absolute atomic E-state index is 13.1. The van der Waals surface area contributed by atoms with Crippen molar-refractivity contribution in [3.63, 3.8) is 0 Å². The lowest BCUT2D eigenvalue weighted by atomic mass is 10.2. The number of ether oxygens (including phenoxy) is 1. The van der Waals surface area contributed by atoms with E-state index in [0.717, 1.165) is 30.6 Å². The van der Waals surface area contributed by atoms with Crippen molar-refractivity contribution in [1.29, 1.82) is 0 Å². The first kappa shape index (κ1) is 21.6. The first-order valence-electron chi connectivity index (χ1n) is 10.4. The Morgan fingerprint density at radius 3 is 2.43 bits per heavy atom. The fraction of sp³-hybridized carbons (Fsp3) is 0.600. The first-order valence-corrected chi connectivity index (χ1v) is 12.8. The van der Waals surface area contributed by atoms with Crippen molar-refractivity contribution in [2.75, 3.05) is 56.6 Å². The number of fused-ring (bicyclic) bond motifs is 1. The molecule has 164 valence electrons. The quantitative estimate of drug-likeness (QED) is 0.688. The van der Waals surface area contributed by atoms with Gasteiger partial charge in [0.15, 0.2) is 0 Å². The molecular formula is C20H27N3O5S2. The van der Waals surface area contributed by atoms with E-state index in [9.17, 15) is 18.0 Å². The maximum atomic E-state index is 13.1. The topological polar surface area (TPSA) is 87.2 Å². The molecule has 4 rings (SSSR count). The molecule has 1 aromatic carbocycles. The van der Waals surface area contributed by atoms with Gasteiger partial charge in [-0.2, -0.15) is 4.31 Å². The third-order valence-corrected chi connectivity index (χ3v) is 8.68. The lowest BCUT2D eigenvalue weighted by Gasteiger charge is -2.32. The Morgan fingerprint density at radius 2 is 1.73 bits per heavy atom. The van der Waals surface area contributed by atoms with Crippen LogP contribution in [0.5, 0.6) is 0 Å². The Labute approximate surface area is 181 Å². The first-order chi connectivity index (χ1) is 14.5. The molecule has 3 aliphatic rings. The molecule has 2 fully saturated rings. The molecule has 2 saturated heterocycles.